The summed E-state index contributed by atoms with van der Waals surface area (Å²) >= 11 is 1.43. The van der Waals surface area contributed by atoms with E-state index in [-0.39, 0.29) is 6.61 Å². The van der Waals surface area contributed by atoms with Crippen LogP contribution in [0.4, 0.5) is 5.00 Å². The van der Waals surface area contributed by atoms with E-state index in [1.807, 2.05) is 0 Å². The number of hydrogen-bond donors (Lipinski definition) is 1. The normalized spacial score (nSPS) is 17.4. The highest BCUT2D eigenvalue weighted by atomic mass is 32.1. The van der Waals surface area contributed by atoms with Crippen molar-refractivity contribution in [2.24, 2.45) is 5.92 Å². The molecule has 0 saturated heterocycles. The first-order chi connectivity index (χ1) is 11.9. The van der Waals surface area contributed by atoms with E-state index in [0.29, 0.717) is 16.5 Å². The number of anilines is 1. The number of esters is 2. The second kappa shape index (κ2) is 8.47. The number of fused-ring (bicyclic) bond motifs is 1. The Labute approximate surface area is 151 Å². The molecule has 1 aromatic heterocycles. The van der Waals surface area contributed by atoms with Gasteiger partial charge in [0, 0.05) is 11.8 Å². The molecule has 25 heavy (non-hydrogen) atoms. The number of hydrogen-bond acceptors (Lipinski definition) is 6. The van der Waals surface area contributed by atoms with Crippen LogP contribution in [0.15, 0.2) is 0 Å². The van der Waals surface area contributed by atoms with Crippen molar-refractivity contribution >= 4 is 34.2 Å². The van der Waals surface area contributed by atoms with Gasteiger partial charge in [-0.1, -0.05) is 13.3 Å². The van der Waals surface area contributed by atoms with Crippen LogP contribution < -0.4 is 5.32 Å². The van der Waals surface area contributed by atoms with Crippen molar-refractivity contribution in [3.05, 3.63) is 16.0 Å². The van der Waals surface area contributed by atoms with Gasteiger partial charge in [0.15, 0.2) is 6.10 Å². The molecule has 1 aliphatic carbocycles. The smallest absolute Gasteiger partial charge is 0.341 e. The Kier molecular flexibility index (Phi) is 6.58. The molecule has 2 rings (SSSR count). The molecular weight excluding hydrogens is 342 g/mol. The predicted molar refractivity (Wildman–Crippen MR) is 95.9 cm³/mol. The first-order valence-electron chi connectivity index (χ1n) is 8.67. The van der Waals surface area contributed by atoms with Gasteiger partial charge in [0.2, 0.25) is 0 Å². The molecule has 0 spiro atoms. The molecule has 0 fully saturated rings. The highest BCUT2D eigenvalue weighted by Crippen LogP contribution is 2.40. The molecule has 0 radical (unpaired) electrons. The minimum atomic E-state index is -0.921. The second-order valence-electron chi connectivity index (χ2n) is 6.19. The minimum absolute atomic E-state index is 0.276. The summed E-state index contributed by atoms with van der Waals surface area (Å²) in [5, 5.41) is 3.24. The molecule has 0 bridgehead atoms. The van der Waals surface area contributed by atoms with Crippen LogP contribution in [-0.2, 0) is 31.9 Å². The lowest BCUT2D eigenvalue weighted by Crippen LogP contribution is -2.29. The Morgan fingerprint density at radius 2 is 2.04 bits per heavy atom. The van der Waals surface area contributed by atoms with Crippen LogP contribution in [0.1, 0.15) is 61.3 Å². The van der Waals surface area contributed by atoms with Crippen LogP contribution in [0, 0.1) is 5.92 Å². The van der Waals surface area contributed by atoms with Gasteiger partial charge in [-0.2, -0.15) is 0 Å². The number of carbonyl (C=O) groups excluding carboxylic acids is 3. The molecule has 7 heteroatoms. The number of thiophene rings is 1. The van der Waals surface area contributed by atoms with Crippen molar-refractivity contribution in [3.8, 4) is 0 Å². The largest absolute Gasteiger partial charge is 0.462 e. The van der Waals surface area contributed by atoms with Gasteiger partial charge in [-0.15, -0.1) is 11.3 Å². The molecule has 1 amide bonds. The third-order valence-corrected chi connectivity index (χ3v) is 5.54. The van der Waals surface area contributed by atoms with E-state index >= 15 is 0 Å². The third kappa shape index (κ3) is 4.60. The van der Waals surface area contributed by atoms with E-state index in [1.54, 1.807) is 6.92 Å². The highest BCUT2D eigenvalue weighted by molar-refractivity contribution is 7.17. The van der Waals surface area contributed by atoms with Crippen molar-refractivity contribution < 1.29 is 23.9 Å². The first kappa shape index (κ1) is 19.4. The lowest BCUT2D eigenvalue weighted by atomic mass is 9.85. The topological polar surface area (TPSA) is 81.7 Å². The average molecular weight is 367 g/mol. The molecule has 6 nitrogen and oxygen atoms in total. The Balaban J connectivity index is 2.30. The van der Waals surface area contributed by atoms with Crippen LogP contribution in [0.2, 0.25) is 0 Å². The summed E-state index contributed by atoms with van der Waals surface area (Å²) in [7, 11) is 0. The SMILES string of the molecule is CCOC(=O)c1c(NC(=O)C(C)OC(C)=O)sc2c1CCC(CC)C2. The molecule has 1 aromatic rings. The molecule has 0 aliphatic heterocycles. The fourth-order valence-electron chi connectivity index (χ4n) is 3.03. The quantitative estimate of drug-likeness (QED) is 0.780. The maximum absolute atomic E-state index is 12.4. The number of amides is 1. The fraction of sp³-hybridized carbons (Fsp3) is 0.611. The van der Waals surface area contributed by atoms with Crippen molar-refractivity contribution in [3.63, 3.8) is 0 Å². The highest BCUT2D eigenvalue weighted by Gasteiger charge is 2.30. The summed E-state index contributed by atoms with van der Waals surface area (Å²) in [6, 6.07) is 0. The van der Waals surface area contributed by atoms with Crippen molar-refractivity contribution in [1.29, 1.82) is 0 Å². The summed E-state index contributed by atoms with van der Waals surface area (Å²) < 4.78 is 10.1. The zero-order valence-corrected chi connectivity index (χ0v) is 16.0. The van der Waals surface area contributed by atoms with Gasteiger partial charge >= 0.3 is 11.9 Å². The summed E-state index contributed by atoms with van der Waals surface area (Å²) in [5.74, 6) is -0.786. The Bertz CT molecular complexity index is 667. The molecular formula is C18H25NO5S. The lowest BCUT2D eigenvalue weighted by molar-refractivity contribution is -0.150. The lowest BCUT2D eigenvalue weighted by Gasteiger charge is -2.21. The molecule has 138 valence electrons. The summed E-state index contributed by atoms with van der Waals surface area (Å²) in [6.45, 7) is 6.95. The van der Waals surface area contributed by atoms with Gasteiger partial charge < -0.3 is 14.8 Å². The van der Waals surface area contributed by atoms with Gasteiger partial charge in [-0.05, 0) is 44.6 Å². The zero-order chi connectivity index (χ0) is 18.6. The molecule has 0 saturated carbocycles. The standard InChI is InChI=1S/C18H25NO5S/c1-5-12-7-8-13-14(9-12)25-17(15(13)18(22)23-6-2)19-16(21)10(3)24-11(4)20/h10,12H,5-9H2,1-4H3,(H,19,21). The van der Waals surface area contributed by atoms with Gasteiger partial charge in [0.1, 0.15) is 5.00 Å². The third-order valence-electron chi connectivity index (χ3n) is 4.37. The van der Waals surface area contributed by atoms with Crippen LogP contribution in [-0.4, -0.2) is 30.6 Å². The zero-order valence-electron chi connectivity index (χ0n) is 15.1. The predicted octanol–water partition coefficient (Wildman–Crippen LogP) is 3.33. The van der Waals surface area contributed by atoms with Crippen molar-refractivity contribution in [2.75, 3.05) is 11.9 Å². The van der Waals surface area contributed by atoms with Crippen molar-refractivity contribution in [2.45, 2.75) is 59.5 Å². The van der Waals surface area contributed by atoms with Gasteiger partial charge in [0.05, 0.1) is 12.2 Å². The average Bonchev–Trinajstić information content (AvgIpc) is 2.91. The summed E-state index contributed by atoms with van der Waals surface area (Å²) in [4.78, 5) is 36.9. The van der Waals surface area contributed by atoms with Crippen LogP contribution in [0.3, 0.4) is 0 Å². The number of nitrogens with one attached hydrogen (secondary N) is 1. The van der Waals surface area contributed by atoms with E-state index in [1.165, 1.54) is 25.2 Å². The monoisotopic (exact) mass is 367 g/mol. The second-order valence-corrected chi connectivity index (χ2v) is 7.29. The summed E-state index contributed by atoms with van der Waals surface area (Å²) in [6.07, 6.45) is 2.93. The minimum Gasteiger partial charge on any atom is -0.462 e. The molecule has 2 atom stereocenters. The molecule has 0 aromatic carbocycles. The van der Waals surface area contributed by atoms with Gasteiger partial charge in [-0.25, -0.2) is 4.79 Å². The van der Waals surface area contributed by atoms with E-state index in [0.717, 1.165) is 36.1 Å². The van der Waals surface area contributed by atoms with Gasteiger partial charge in [0.25, 0.3) is 5.91 Å². The Morgan fingerprint density at radius 3 is 2.64 bits per heavy atom. The van der Waals surface area contributed by atoms with E-state index in [2.05, 4.69) is 12.2 Å². The number of carbonyl (C=O) groups is 3. The molecule has 2 unspecified atom stereocenters. The maximum Gasteiger partial charge on any atom is 0.341 e. The summed E-state index contributed by atoms with van der Waals surface area (Å²) in [5.41, 5.74) is 1.45. The Hall–Kier alpha value is -1.89. The fourth-order valence-corrected chi connectivity index (χ4v) is 4.38. The van der Waals surface area contributed by atoms with Crippen molar-refractivity contribution in [1.82, 2.24) is 0 Å². The van der Waals surface area contributed by atoms with E-state index in [4.69, 9.17) is 9.47 Å². The number of rotatable bonds is 6. The van der Waals surface area contributed by atoms with E-state index in [9.17, 15) is 14.4 Å². The van der Waals surface area contributed by atoms with Crippen LogP contribution in [0.25, 0.3) is 0 Å². The molecule has 1 aliphatic rings. The van der Waals surface area contributed by atoms with E-state index < -0.39 is 23.9 Å². The molecule has 1 N–H and O–H groups in total. The maximum atomic E-state index is 12.4. The van der Waals surface area contributed by atoms with Crippen LogP contribution in [0.5, 0.6) is 0 Å². The first-order valence-corrected chi connectivity index (χ1v) is 9.48. The number of ether oxygens (including phenoxy) is 2. The Morgan fingerprint density at radius 1 is 1.32 bits per heavy atom. The van der Waals surface area contributed by atoms with Gasteiger partial charge in [-0.3, -0.25) is 9.59 Å². The van der Waals surface area contributed by atoms with Crippen LogP contribution >= 0.6 is 11.3 Å². The molecule has 1 heterocycles.